The van der Waals surface area contributed by atoms with E-state index in [0.717, 1.165) is 0 Å². The third-order valence-corrected chi connectivity index (χ3v) is 2.23. The van der Waals surface area contributed by atoms with Crippen molar-refractivity contribution in [1.82, 2.24) is 0 Å². The fraction of sp³-hybridized carbons (Fsp3) is 1.00. The second kappa shape index (κ2) is 4.88. The first kappa shape index (κ1) is 10.9. The fourth-order valence-corrected chi connectivity index (χ4v) is 1.45. The molecule has 0 aliphatic carbocycles. The average molecular weight is 192 g/mol. The smallest absolute Gasteiger partial charge is 0.160 e. The molecule has 0 aromatic rings. The van der Waals surface area contributed by atoms with Gasteiger partial charge in [-0.15, -0.1) is 0 Å². The summed E-state index contributed by atoms with van der Waals surface area (Å²) in [6.07, 6.45) is -1.61. The molecule has 1 aliphatic rings. The highest BCUT2D eigenvalue weighted by Gasteiger charge is 2.39. The third kappa shape index (κ3) is 2.38. The van der Waals surface area contributed by atoms with Crippen LogP contribution in [0.2, 0.25) is 0 Å². The number of aliphatic hydroxyl groups is 2. The Balaban J connectivity index is 2.50. The van der Waals surface area contributed by atoms with E-state index in [-0.39, 0.29) is 6.61 Å². The molecular weight excluding hydrogens is 176 g/mol. The van der Waals surface area contributed by atoms with E-state index in [2.05, 4.69) is 0 Å². The highest BCUT2D eigenvalue weighted by Crippen LogP contribution is 2.24. The summed E-state index contributed by atoms with van der Waals surface area (Å²) in [5.74, 6) is 0. The minimum Gasteiger partial charge on any atom is -0.394 e. The largest absolute Gasteiger partial charge is 0.394 e. The van der Waals surface area contributed by atoms with Gasteiger partial charge >= 0.3 is 0 Å². The van der Waals surface area contributed by atoms with E-state index in [9.17, 15) is 5.11 Å². The number of rotatable bonds is 4. The van der Waals surface area contributed by atoms with Crippen molar-refractivity contribution in [1.29, 1.82) is 0 Å². The van der Waals surface area contributed by atoms with Crippen LogP contribution in [0.15, 0.2) is 0 Å². The van der Waals surface area contributed by atoms with Crippen LogP contribution in [0.5, 0.6) is 0 Å². The van der Waals surface area contributed by atoms with Gasteiger partial charge in [0.25, 0.3) is 0 Å². The summed E-state index contributed by atoms with van der Waals surface area (Å²) >= 11 is 0. The first-order valence-corrected chi connectivity index (χ1v) is 4.23. The quantitative estimate of drug-likeness (QED) is 0.605. The highest BCUT2D eigenvalue weighted by molar-refractivity contribution is 4.84. The summed E-state index contributed by atoms with van der Waals surface area (Å²) in [7, 11) is 2.98. The molecule has 5 heteroatoms. The van der Waals surface area contributed by atoms with Crippen molar-refractivity contribution in [2.75, 3.05) is 20.8 Å². The number of hydrogen-bond donors (Lipinski definition) is 2. The summed E-state index contributed by atoms with van der Waals surface area (Å²) in [4.78, 5) is 0. The van der Waals surface area contributed by atoms with Crippen LogP contribution in [-0.2, 0) is 14.2 Å². The molecule has 0 aromatic heterocycles. The normalized spacial score (nSPS) is 36.5. The molecule has 78 valence electrons. The van der Waals surface area contributed by atoms with E-state index in [0.29, 0.717) is 6.42 Å². The van der Waals surface area contributed by atoms with Crippen molar-refractivity contribution in [3.05, 3.63) is 0 Å². The van der Waals surface area contributed by atoms with Crippen molar-refractivity contribution in [2.24, 2.45) is 0 Å². The summed E-state index contributed by atoms with van der Waals surface area (Å²) in [6.45, 7) is -0.172. The molecule has 0 bridgehead atoms. The predicted octanol–water partition coefficient (Wildman–Crippen LogP) is -0.884. The lowest BCUT2D eigenvalue weighted by atomic mass is 10.1. The lowest BCUT2D eigenvalue weighted by Gasteiger charge is -2.22. The Morgan fingerprint density at radius 3 is 2.62 bits per heavy atom. The van der Waals surface area contributed by atoms with Gasteiger partial charge in [-0.3, -0.25) is 0 Å². The standard InChI is InChI=1S/C8H16O5/c1-11-6(4-9)8-5(10)3-7(12-2)13-8/h5-10H,3-4H2,1-2H3. The maximum absolute atomic E-state index is 9.53. The van der Waals surface area contributed by atoms with Crippen molar-refractivity contribution < 1.29 is 24.4 Å². The second-order valence-electron chi connectivity index (χ2n) is 3.03. The molecule has 0 aromatic carbocycles. The second-order valence-corrected chi connectivity index (χ2v) is 3.03. The summed E-state index contributed by atoms with van der Waals surface area (Å²) < 4.78 is 15.2. The van der Waals surface area contributed by atoms with Crippen LogP contribution in [0.1, 0.15) is 6.42 Å². The maximum atomic E-state index is 9.53. The van der Waals surface area contributed by atoms with Gasteiger partial charge in [-0.2, -0.15) is 0 Å². The Bertz CT molecular complexity index is 147. The Labute approximate surface area is 77.2 Å². The van der Waals surface area contributed by atoms with Crippen LogP contribution in [0, 0.1) is 0 Å². The van der Waals surface area contributed by atoms with Crippen LogP contribution < -0.4 is 0 Å². The molecule has 0 radical (unpaired) electrons. The molecule has 0 saturated carbocycles. The molecule has 0 spiro atoms. The molecule has 1 aliphatic heterocycles. The number of hydrogen-bond acceptors (Lipinski definition) is 5. The zero-order chi connectivity index (χ0) is 9.84. The zero-order valence-corrected chi connectivity index (χ0v) is 7.84. The molecule has 1 fully saturated rings. The molecule has 13 heavy (non-hydrogen) atoms. The van der Waals surface area contributed by atoms with Crippen molar-refractivity contribution in [3.8, 4) is 0 Å². The van der Waals surface area contributed by atoms with Gasteiger partial charge < -0.3 is 24.4 Å². The van der Waals surface area contributed by atoms with E-state index in [1.165, 1.54) is 14.2 Å². The SMILES string of the molecule is COC1CC(O)C(C(CO)OC)O1. The Morgan fingerprint density at radius 2 is 2.23 bits per heavy atom. The highest BCUT2D eigenvalue weighted by atomic mass is 16.7. The monoisotopic (exact) mass is 192 g/mol. The summed E-state index contributed by atoms with van der Waals surface area (Å²) in [6, 6.07) is 0. The van der Waals surface area contributed by atoms with Gasteiger partial charge in [0.2, 0.25) is 0 Å². The fourth-order valence-electron chi connectivity index (χ4n) is 1.45. The molecule has 1 heterocycles. The van der Waals surface area contributed by atoms with Gasteiger partial charge in [-0.1, -0.05) is 0 Å². The molecule has 5 nitrogen and oxygen atoms in total. The lowest BCUT2D eigenvalue weighted by Crippen LogP contribution is -2.38. The summed E-state index contributed by atoms with van der Waals surface area (Å²) in [5, 5.41) is 18.4. The average Bonchev–Trinajstić information content (AvgIpc) is 2.50. The van der Waals surface area contributed by atoms with E-state index in [1.54, 1.807) is 0 Å². The molecular formula is C8H16O5. The van der Waals surface area contributed by atoms with Crippen molar-refractivity contribution >= 4 is 0 Å². The van der Waals surface area contributed by atoms with Crippen LogP contribution in [0.4, 0.5) is 0 Å². The number of ether oxygens (including phenoxy) is 3. The first-order valence-electron chi connectivity index (χ1n) is 4.23. The Morgan fingerprint density at radius 1 is 1.54 bits per heavy atom. The van der Waals surface area contributed by atoms with Crippen molar-refractivity contribution in [2.45, 2.75) is 31.0 Å². The van der Waals surface area contributed by atoms with Gasteiger partial charge in [-0.05, 0) is 0 Å². The van der Waals surface area contributed by atoms with E-state index in [1.807, 2.05) is 0 Å². The topological polar surface area (TPSA) is 68.2 Å². The third-order valence-electron chi connectivity index (χ3n) is 2.23. The van der Waals surface area contributed by atoms with Gasteiger partial charge in [0, 0.05) is 20.6 Å². The van der Waals surface area contributed by atoms with E-state index < -0.39 is 24.6 Å². The van der Waals surface area contributed by atoms with Crippen LogP contribution in [0.25, 0.3) is 0 Å². The van der Waals surface area contributed by atoms with Crippen molar-refractivity contribution in [3.63, 3.8) is 0 Å². The van der Waals surface area contributed by atoms with Crippen LogP contribution >= 0.6 is 0 Å². The van der Waals surface area contributed by atoms with Gasteiger partial charge in [0.05, 0.1) is 12.7 Å². The molecule has 4 atom stereocenters. The molecule has 1 saturated heterocycles. The van der Waals surface area contributed by atoms with Gasteiger partial charge in [-0.25, -0.2) is 0 Å². The molecule has 0 amide bonds. The van der Waals surface area contributed by atoms with Crippen LogP contribution in [0.3, 0.4) is 0 Å². The molecule has 2 N–H and O–H groups in total. The zero-order valence-electron chi connectivity index (χ0n) is 7.84. The predicted molar refractivity (Wildman–Crippen MR) is 44.2 cm³/mol. The first-order chi connectivity index (χ1) is 6.22. The summed E-state index contributed by atoms with van der Waals surface area (Å²) in [5.41, 5.74) is 0. The lowest BCUT2D eigenvalue weighted by molar-refractivity contribution is -0.156. The van der Waals surface area contributed by atoms with Gasteiger partial charge in [0.1, 0.15) is 12.2 Å². The van der Waals surface area contributed by atoms with E-state index in [4.69, 9.17) is 19.3 Å². The Hall–Kier alpha value is -0.200. The molecule has 1 rings (SSSR count). The molecule has 4 unspecified atom stereocenters. The van der Waals surface area contributed by atoms with E-state index >= 15 is 0 Å². The minimum atomic E-state index is -0.637. The Kier molecular flexibility index (Phi) is 4.08. The van der Waals surface area contributed by atoms with Crippen LogP contribution in [-0.4, -0.2) is 55.6 Å². The number of aliphatic hydroxyl groups excluding tert-OH is 2. The van der Waals surface area contributed by atoms with Gasteiger partial charge in [0.15, 0.2) is 6.29 Å². The minimum absolute atomic E-state index is 0.172. The maximum Gasteiger partial charge on any atom is 0.160 e. The number of methoxy groups -OCH3 is 2.